The standard InChI is InChI=1S/C9H18N2O3/c1-4-10-5-7(2)9(14)11(3)6-8(12)13/h7,10H,4-6H2,1-3H3,(H,12,13). The Morgan fingerprint density at radius 1 is 1.50 bits per heavy atom. The maximum Gasteiger partial charge on any atom is 0.323 e. The highest BCUT2D eigenvalue weighted by Gasteiger charge is 2.18. The van der Waals surface area contributed by atoms with E-state index in [-0.39, 0.29) is 18.4 Å². The van der Waals surface area contributed by atoms with Crippen molar-refractivity contribution in [3.63, 3.8) is 0 Å². The second kappa shape index (κ2) is 6.37. The van der Waals surface area contributed by atoms with Gasteiger partial charge in [-0.1, -0.05) is 13.8 Å². The van der Waals surface area contributed by atoms with Gasteiger partial charge in [0.1, 0.15) is 6.54 Å². The number of carboxylic acid groups (broad SMARTS) is 1. The minimum absolute atomic E-state index is 0.145. The van der Waals surface area contributed by atoms with Crippen LogP contribution in [0.2, 0.25) is 0 Å². The maximum atomic E-state index is 11.5. The number of carboxylic acids is 1. The molecule has 2 N–H and O–H groups in total. The van der Waals surface area contributed by atoms with Crippen LogP contribution in [0.3, 0.4) is 0 Å². The number of aliphatic carboxylic acids is 1. The average molecular weight is 202 g/mol. The second-order valence-electron chi connectivity index (χ2n) is 3.30. The molecule has 1 amide bonds. The number of hydrogen-bond donors (Lipinski definition) is 2. The summed E-state index contributed by atoms with van der Waals surface area (Å²) >= 11 is 0. The highest BCUT2D eigenvalue weighted by atomic mass is 16.4. The van der Waals surface area contributed by atoms with Crippen molar-refractivity contribution >= 4 is 11.9 Å². The van der Waals surface area contributed by atoms with E-state index < -0.39 is 5.97 Å². The molecule has 14 heavy (non-hydrogen) atoms. The number of amides is 1. The van der Waals surface area contributed by atoms with E-state index in [1.807, 2.05) is 6.92 Å². The molecule has 0 aromatic carbocycles. The van der Waals surface area contributed by atoms with Crippen molar-refractivity contribution in [3.8, 4) is 0 Å². The molecule has 0 aromatic heterocycles. The van der Waals surface area contributed by atoms with Crippen molar-refractivity contribution in [3.05, 3.63) is 0 Å². The summed E-state index contributed by atoms with van der Waals surface area (Å²) in [5, 5.41) is 11.5. The van der Waals surface area contributed by atoms with Gasteiger partial charge < -0.3 is 15.3 Å². The third kappa shape index (κ3) is 4.81. The molecule has 0 aromatic rings. The first-order chi connectivity index (χ1) is 6.49. The fourth-order valence-electron chi connectivity index (χ4n) is 1.11. The summed E-state index contributed by atoms with van der Waals surface area (Å²) in [6.07, 6.45) is 0. The van der Waals surface area contributed by atoms with E-state index in [1.54, 1.807) is 6.92 Å². The van der Waals surface area contributed by atoms with Crippen LogP contribution in [0, 0.1) is 5.92 Å². The molecule has 0 aliphatic heterocycles. The minimum atomic E-state index is -0.989. The lowest BCUT2D eigenvalue weighted by molar-refractivity contribution is -0.144. The number of hydrogen-bond acceptors (Lipinski definition) is 3. The fraction of sp³-hybridized carbons (Fsp3) is 0.778. The van der Waals surface area contributed by atoms with Gasteiger partial charge in [0, 0.05) is 19.5 Å². The molecule has 0 radical (unpaired) electrons. The lowest BCUT2D eigenvalue weighted by Crippen LogP contribution is -2.39. The highest BCUT2D eigenvalue weighted by Crippen LogP contribution is 1.98. The molecule has 1 unspecified atom stereocenters. The second-order valence-corrected chi connectivity index (χ2v) is 3.30. The molecule has 0 fully saturated rings. The molecule has 0 saturated heterocycles. The van der Waals surface area contributed by atoms with Gasteiger partial charge in [-0.05, 0) is 6.54 Å². The van der Waals surface area contributed by atoms with Gasteiger partial charge in [-0.25, -0.2) is 0 Å². The van der Waals surface area contributed by atoms with E-state index in [4.69, 9.17) is 5.11 Å². The monoisotopic (exact) mass is 202 g/mol. The molecule has 5 heteroatoms. The molecule has 0 rings (SSSR count). The molecular weight excluding hydrogens is 184 g/mol. The van der Waals surface area contributed by atoms with Gasteiger partial charge in [0.25, 0.3) is 0 Å². The van der Waals surface area contributed by atoms with E-state index in [1.165, 1.54) is 11.9 Å². The van der Waals surface area contributed by atoms with Crippen LogP contribution in [-0.2, 0) is 9.59 Å². The van der Waals surface area contributed by atoms with Crippen LogP contribution in [-0.4, -0.2) is 48.6 Å². The summed E-state index contributed by atoms with van der Waals surface area (Å²) in [6.45, 7) is 4.89. The van der Waals surface area contributed by atoms with E-state index >= 15 is 0 Å². The zero-order valence-corrected chi connectivity index (χ0v) is 8.91. The van der Waals surface area contributed by atoms with Gasteiger partial charge >= 0.3 is 5.97 Å². The highest BCUT2D eigenvalue weighted by molar-refractivity contribution is 5.82. The fourth-order valence-corrected chi connectivity index (χ4v) is 1.11. The van der Waals surface area contributed by atoms with Gasteiger partial charge in [-0.2, -0.15) is 0 Å². The Bertz CT molecular complexity index is 206. The Hall–Kier alpha value is -1.10. The maximum absolute atomic E-state index is 11.5. The van der Waals surface area contributed by atoms with Crippen molar-refractivity contribution in [1.29, 1.82) is 0 Å². The van der Waals surface area contributed by atoms with E-state index in [0.717, 1.165) is 6.54 Å². The zero-order valence-electron chi connectivity index (χ0n) is 8.91. The summed E-state index contributed by atoms with van der Waals surface area (Å²) < 4.78 is 0. The van der Waals surface area contributed by atoms with Crippen molar-refractivity contribution in [2.24, 2.45) is 5.92 Å². The normalized spacial score (nSPS) is 12.2. The first-order valence-corrected chi connectivity index (χ1v) is 4.66. The Morgan fingerprint density at radius 3 is 2.50 bits per heavy atom. The Balaban J connectivity index is 3.97. The SMILES string of the molecule is CCNCC(C)C(=O)N(C)CC(=O)O. The average Bonchev–Trinajstić information content (AvgIpc) is 2.11. The molecule has 0 heterocycles. The molecule has 0 aliphatic carbocycles. The summed E-state index contributed by atoms with van der Waals surface area (Å²) in [7, 11) is 1.50. The predicted molar refractivity (Wildman–Crippen MR) is 53.0 cm³/mol. The first-order valence-electron chi connectivity index (χ1n) is 4.66. The van der Waals surface area contributed by atoms with Crippen molar-refractivity contribution < 1.29 is 14.7 Å². The third-order valence-electron chi connectivity index (χ3n) is 1.87. The van der Waals surface area contributed by atoms with Gasteiger partial charge in [0.15, 0.2) is 0 Å². The molecule has 1 atom stereocenters. The van der Waals surface area contributed by atoms with E-state index in [0.29, 0.717) is 6.54 Å². The minimum Gasteiger partial charge on any atom is -0.480 e. The Kier molecular flexibility index (Phi) is 5.87. The van der Waals surface area contributed by atoms with Gasteiger partial charge in [-0.15, -0.1) is 0 Å². The lowest BCUT2D eigenvalue weighted by Gasteiger charge is -2.19. The Morgan fingerprint density at radius 2 is 2.07 bits per heavy atom. The van der Waals surface area contributed by atoms with Crippen LogP contribution in [0.25, 0.3) is 0 Å². The molecule has 82 valence electrons. The molecule has 0 bridgehead atoms. The first kappa shape index (κ1) is 12.9. The van der Waals surface area contributed by atoms with E-state index in [2.05, 4.69) is 5.32 Å². The quantitative estimate of drug-likeness (QED) is 0.624. The van der Waals surface area contributed by atoms with Crippen LogP contribution in [0.15, 0.2) is 0 Å². The van der Waals surface area contributed by atoms with Gasteiger partial charge in [0.2, 0.25) is 5.91 Å². The van der Waals surface area contributed by atoms with Crippen LogP contribution in [0.4, 0.5) is 0 Å². The summed E-state index contributed by atoms with van der Waals surface area (Å²) in [5.41, 5.74) is 0. The zero-order chi connectivity index (χ0) is 11.1. The number of nitrogens with zero attached hydrogens (tertiary/aromatic N) is 1. The summed E-state index contributed by atoms with van der Waals surface area (Å²) in [6, 6.07) is 0. The number of rotatable bonds is 6. The Labute approximate surface area is 84.1 Å². The van der Waals surface area contributed by atoms with Crippen molar-refractivity contribution in [2.45, 2.75) is 13.8 Å². The number of carbonyl (C=O) groups excluding carboxylic acids is 1. The van der Waals surface area contributed by atoms with Crippen LogP contribution < -0.4 is 5.32 Å². The van der Waals surface area contributed by atoms with Crippen LogP contribution >= 0.6 is 0 Å². The summed E-state index contributed by atoms with van der Waals surface area (Å²) in [4.78, 5) is 23.1. The van der Waals surface area contributed by atoms with Gasteiger partial charge in [0.05, 0.1) is 0 Å². The molecule has 0 spiro atoms. The molecular formula is C9H18N2O3. The predicted octanol–water partition coefficient (Wildman–Crippen LogP) is -0.225. The summed E-state index contributed by atoms with van der Waals surface area (Å²) in [5.74, 6) is -1.32. The van der Waals surface area contributed by atoms with Crippen molar-refractivity contribution in [2.75, 3.05) is 26.7 Å². The molecule has 5 nitrogen and oxygen atoms in total. The number of likely N-dealkylation sites (N-methyl/N-ethyl adjacent to an activating group) is 1. The molecule has 0 aliphatic rings. The van der Waals surface area contributed by atoms with Gasteiger partial charge in [-0.3, -0.25) is 9.59 Å². The molecule has 0 saturated carbocycles. The number of carbonyl (C=O) groups is 2. The van der Waals surface area contributed by atoms with Crippen molar-refractivity contribution in [1.82, 2.24) is 10.2 Å². The van der Waals surface area contributed by atoms with Crippen LogP contribution in [0.5, 0.6) is 0 Å². The third-order valence-corrected chi connectivity index (χ3v) is 1.87. The van der Waals surface area contributed by atoms with E-state index in [9.17, 15) is 9.59 Å². The lowest BCUT2D eigenvalue weighted by atomic mass is 10.1. The largest absolute Gasteiger partial charge is 0.480 e. The smallest absolute Gasteiger partial charge is 0.323 e. The number of nitrogens with one attached hydrogen (secondary N) is 1. The topological polar surface area (TPSA) is 69.6 Å². The van der Waals surface area contributed by atoms with Crippen LogP contribution in [0.1, 0.15) is 13.8 Å².